The molecule has 1 aromatic rings. The van der Waals surface area contributed by atoms with Crippen molar-refractivity contribution in [3.63, 3.8) is 0 Å². The van der Waals surface area contributed by atoms with Gasteiger partial charge in [-0.3, -0.25) is 14.3 Å². The molecule has 1 aromatic heterocycles. The zero-order valence-corrected chi connectivity index (χ0v) is 10.3. The van der Waals surface area contributed by atoms with Crippen LogP contribution in [0.15, 0.2) is 6.20 Å². The van der Waals surface area contributed by atoms with Crippen LogP contribution < -0.4 is 11.1 Å². The topological polar surface area (TPSA) is 93.2 Å². The fraction of sp³-hybridized carbons (Fsp3) is 0.545. The molecule has 0 atom stereocenters. The first kappa shape index (κ1) is 12.4. The number of nitrogens with zero attached hydrogens (tertiary/aromatic N) is 3. The van der Waals surface area contributed by atoms with Gasteiger partial charge in [-0.05, 0) is 12.8 Å². The normalized spacial score (nSPS) is 14.8. The van der Waals surface area contributed by atoms with Gasteiger partial charge in [-0.1, -0.05) is 0 Å². The highest BCUT2D eigenvalue weighted by Crippen LogP contribution is 2.08. The molecule has 18 heavy (non-hydrogen) atoms. The summed E-state index contributed by atoms with van der Waals surface area (Å²) < 4.78 is 1.46. The number of rotatable bonds is 3. The first-order valence-corrected chi connectivity index (χ1v) is 5.93. The van der Waals surface area contributed by atoms with E-state index in [9.17, 15) is 9.59 Å². The van der Waals surface area contributed by atoms with Crippen LogP contribution in [0.5, 0.6) is 0 Å². The number of hydrogen-bond donors (Lipinski definition) is 2. The molecule has 1 aliphatic heterocycles. The monoisotopic (exact) mass is 251 g/mol. The number of nitrogens with one attached hydrogen (secondary N) is 1. The van der Waals surface area contributed by atoms with Crippen molar-refractivity contribution in [1.29, 1.82) is 0 Å². The number of anilines is 1. The fourth-order valence-corrected chi connectivity index (χ4v) is 2.00. The van der Waals surface area contributed by atoms with Crippen molar-refractivity contribution in [3.8, 4) is 0 Å². The molecule has 0 aliphatic carbocycles. The van der Waals surface area contributed by atoms with Crippen molar-refractivity contribution in [3.05, 3.63) is 11.9 Å². The number of aromatic nitrogens is 2. The Morgan fingerprint density at radius 1 is 1.44 bits per heavy atom. The van der Waals surface area contributed by atoms with Crippen molar-refractivity contribution in [2.75, 3.05) is 25.4 Å². The lowest BCUT2D eigenvalue weighted by molar-refractivity contribution is -0.129. The summed E-state index contributed by atoms with van der Waals surface area (Å²) in [5.74, 6) is -0.476. The molecule has 7 heteroatoms. The molecule has 2 rings (SSSR count). The molecule has 98 valence electrons. The Hall–Kier alpha value is -2.05. The van der Waals surface area contributed by atoms with Gasteiger partial charge in [0.05, 0.1) is 12.2 Å². The summed E-state index contributed by atoms with van der Waals surface area (Å²) in [6.07, 6.45) is 3.62. The summed E-state index contributed by atoms with van der Waals surface area (Å²) in [6.45, 7) is 1.55. The van der Waals surface area contributed by atoms with Gasteiger partial charge >= 0.3 is 0 Å². The van der Waals surface area contributed by atoms with E-state index in [-0.39, 0.29) is 18.1 Å². The van der Waals surface area contributed by atoms with Crippen LogP contribution in [0.2, 0.25) is 0 Å². The highest BCUT2D eigenvalue weighted by Gasteiger charge is 2.20. The second-order valence-corrected chi connectivity index (χ2v) is 4.38. The van der Waals surface area contributed by atoms with Gasteiger partial charge in [0.25, 0.3) is 5.91 Å². The van der Waals surface area contributed by atoms with Gasteiger partial charge in [-0.2, -0.15) is 5.10 Å². The van der Waals surface area contributed by atoms with Crippen molar-refractivity contribution < 1.29 is 9.59 Å². The minimum atomic E-state index is -0.416. The first-order chi connectivity index (χ1) is 8.58. The average molecular weight is 251 g/mol. The van der Waals surface area contributed by atoms with E-state index in [0.29, 0.717) is 5.69 Å². The highest BCUT2D eigenvalue weighted by molar-refractivity contribution is 5.98. The first-order valence-electron chi connectivity index (χ1n) is 5.93. The third kappa shape index (κ3) is 2.61. The van der Waals surface area contributed by atoms with Gasteiger partial charge < -0.3 is 16.0 Å². The van der Waals surface area contributed by atoms with E-state index in [4.69, 9.17) is 5.73 Å². The van der Waals surface area contributed by atoms with Crippen LogP contribution in [-0.2, 0) is 11.8 Å². The average Bonchev–Trinajstić information content (AvgIpc) is 2.95. The van der Waals surface area contributed by atoms with Gasteiger partial charge in [-0.15, -0.1) is 0 Å². The van der Waals surface area contributed by atoms with Gasteiger partial charge in [0.15, 0.2) is 5.69 Å². The van der Waals surface area contributed by atoms with Crippen LogP contribution in [0, 0.1) is 0 Å². The molecule has 1 aliphatic rings. The summed E-state index contributed by atoms with van der Waals surface area (Å²) >= 11 is 0. The Labute approximate surface area is 105 Å². The molecule has 3 N–H and O–H groups in total. The molecule has 2 amide bonds. The fourth-order valence-electron chi connectivity index (χ4n) is 2.00. The van der Waals surface area contributed by atoms with E-state index in [2.05, 4.69) is 10.4 Å². The third-order valence-electron chi connectivity index (χ3n) is 2.93. The van der Waals surface area contributed by atoms with Crippen LogP contribution in [0.4, 0.5) is 5.69 Å². The zero-order chi connectivity index (χ0) is 13.1. The predicted molar refractivity (Wildman–Crippen MR) is 65.8 cm³/mol. The Morgan fingerprint density at radius 2 is 2.11 bits per heavy atom. The van der Waals surface area contributed by atoms with Crippen LogP contribution in [0.3, 0.4) is 0 Å². The van der Waals surface area contributed by atoms with Crippen molar-refractivity contribution in [1.82, 2.24) is 20.0 Å². The summed E-state index contributed by atoms with van der Waals surface area (Å²) in [6, 6.07) is 0. The Kier molecular flexibility index (Phi) is 3.50. The van der Waals surface area contributed by atoms with Crippen molar-refractivity contribution in [2.24, 2.45) is 7.05 Å². The Balaban J connectivity index is 1.88. The molecule has 0 radical (unpaired) electrons. The van der Waals surface area contributed by atoms with E-state index < -0.39 is 5.91 Å². The second-order valence-electron chi connectivity index (χ2n) is 4.38. The Morgan fingerprint density at radius 3 is 2.67 bits per heavy atom. The maximum absolute atomic E-state index is 11.8. The van der Waals surface area contributed by atoms with Crippen molar-refractivity contribution >= 4 is 17.5 Å². The maximum atomic E-state index is 11.8. The highest BCUT2D eigenvalue weighted by atomic mass is 16.2. The molecule has 0 saturated carbocycles. The minimum Gasteiger partial charge on any atom is -0.396 e. The molecular formula is C11H17N5O2. The number of nitrogens with two attached hydrogens (primary N) is 1. The smallest absolute Gasteiger partial charge is 0.274 e. The van der Waals surface area contributed by atoms with Crippen LogP contribution in [0.25, 0.3) is 0 Å². The molecule has 1 saturated heterocycles. The summed E-state index contributed by atoms with van der Waals surface area (Å²) in [5.41, 5.74) is 6.10. The lowest BCUT2D eigenvalue weighted by Gasteiger charge is -2.15. The van der Waals surface area contributed by atoms with Gasteiger partial charge in [0, 0.05) is 26.3 Å². The predicted octanol–water partition coefficient (Wildman–Crippen LogP) is -0.645. The number of likely N-dealkylation sites (tertiary alicyclic amines) is 1. The van der Waals surface area contributed by atoms with E-state index in [1.165, 1.54) is 4.68 Å². The number of aryl methyl sites for hydroxylation is 1. The largest absolute Gasteiger partial charge is 0.396 e. The van der Waals surface area contributed by atoms with E-state index in [1.54, 1.807) is 18.1 Å². The molecular weight excluding hydrogens is 234 g/mol. The van der Waals surface area contributed by atoms with Crippen molar-refractivity contribution in [2.45, 2.75) is 12.8 Å². The minimum absolute atomic E-state index is 0.00511. The summed E-state index contributed by atoms with van der Waals surface area (Å²) in [5, 5.41) is 6.48. The second kappa shape index (κ2) is 5.07. The zero-order valence-electron chi connectivity index (χ0n) is 10.3. The van der Waals surface area contributed by atoms with E-state index in [0.717, 1.165) is 25.9 Å². The molecule has 0 spiro atoms. The maximum Gasteiger partial charge on any atom is 0.274 e. The quantitative estimate of drug-likeness (QED) is 0.747. The molecule has 7 nitrogen and oxygen atoms in total. The molecule has 1 fully saturated rings. The number of carbonyl (C=O) groups is 2. The molecule has 2 heterocycles. The molecule has 0 aromatic carbocycles. The van der Waals surface area contributed by atoms with Crippen LogP contribution in [0.1, 0.15) is 23.3 Å². The van der Waals surface area contributed by atoms with Gasteiger partial charge in [0.1, 0.15) is 0 Å². The number of hydrogen-bond acceptors (Lipinski definition) is 4. The molecule has 0 bridgehead atoms. The van der Waals surface area contributed by atoms with E-state index in [1.807, 2.05) is 0 Å². The molecule has 0 unspecified atom stereocenters. The number of carbonyl (C=O) groups excluding carboxylic acids is 2. The summed E-state index contributed by atoms with van der Waals surface area (Å²) in [7, 11) is 1.68. The SMILES string of the molecule is Cn1cc(N)c(C(=O)NCC(=O)N2CCCC2)n1. The van der Waals surface area contributed by atoms with E-state index >= 15 is 0 Å². The van der Waals surface area contributed by atoms with Crippen LogP contribution >= 0.6 is 0 Å². The number of nitrogen functional groups attached to an aromatic ring is 1. The van der Waals surface area contributed by atoms with Crippen LogP contribution in [-0.4, -0.2) is 46.1 Å². The van der Waals surface area contributed by atoms with Gasteiger partial charge in [0.2, 0.25) is 5.91 Å². The third-order valence-corrected chi connectivity index (χ3v) is 2.93. The lowest BCUT2D eigenvalue weighted by Crippen LogP contribution is -2.38. The standard InChI is InChI=1S/C11H17N5O2/c1-15-7-8(12)10(14-15)11(18)13-6-9(17)16-4-2-3-5-16/h7H,2-6,12H2,1H3,(H,13,18). The number of amides is 2. The van der Waals surface area contributed by atoms with Gasteiger partial charge in [-0.25, -0.2) is 0 Å². The Bertz CT molecular complexity index is 462. The lowest BCUT2D eigenvalue weighted by atomic mass is 10.3. The summed E-state index contributed by atoms with van der Waals surface area (Å²) in [4.78, 5) is 25.2.